The summed E-state index contributed by atoms with van der Waals surface area (Å²) < 4.78 is 50.9. The number of rotatable bonds is 7. The van der Waals surface area contributed by atoms with Crippen LogP contribution in [0.15, 0.2) is 76.1 Å². The Morgan fingerprint density at radius 3 is 2.58 bits per heavy atom. The Bertz CT molecular complexity index is 1900. The number of nitrogen functional groups attached to an aromatic ring is 1. The van der Waals surface area contributed by atoms with E-state index in [0.29, 0.717) is 16.7 Å². The van der Waals surface area contributed by atoms with Crippen molar-refractivity contribution in [1.82, 2.24) is 14.9 Å². The fourth-order valence-electron chi connectivity index (χ4n) is 4.14. The van der Waals surface area contributed by atoms with Gasteiger partial charge in [-0.05, 0) is 49.4 Å². The van der Waals surface area contributed by atoms with Crippen molar-refractivity contribution in [2.75, 3.05) is 23.9 Å². The van der Waals surface area contributed by atoms with Crippen LogP contribution < -0.4 is 11.1 Å². The number of sulfone groups is 1. The van der Waals surface area contributed by atoms with Crippen molar-refractivity contribution < 1.29 is 31.7 Å². The number of esters is 1. The van der Waals surface area contributed by atoms with Crippen molar-refractivity contribution >= 4 is 44.2 Å². The van der Waals surface area contributed by atoms with Crippen LogP contribution in [0.5, 0.6) is 0 Å². The first-order chi connectivity index (χ1) is 19.1. The van der Waals surface area contributed by atoms with Crippen LogP contribution in [0.4, 0.5) is 15.9 Å². The van der Waals surface area contributed by atoms with Gasteiger partial charge in [0.2, 0.25) is 0 Å². The molecule has 5 aromatic rings. The zero-order valence-corrected chi connectivity index (χ0v) is 22.0. The Balaban J connectivity index is 1.51. The number of benzene rings is 3. The van der Waals surface area contributed by atoms with Crippen molar-refractivity contribution in [3.8, 4) is 16.8 Å². The minimum Gasteiger partial charge on any atom is -0.461 e. The van der Waals surface area contributed by atoms with Crippen LogP contribution in [0.1, 0.15) is 27.9 Å². The summed E-state index contributed by atoms with van der Waals surface area (Å²) in [7, 11) is -3.62. The molecule has 11 nitrogen and oxygen atoms in total. The molecule has 0 unspecified atom stereocenters. The fraction of sp³-hybridized carbons (Fsp3) is 0.111. The van der Waals surface area contributed by atoms with Crippen LogP contribution in [-0.4, -0.2) is 48.1 Å². The van der Waals surface area contributed by atoms with E-state index >= 15 is 4.39 Å². The molecule has 40 heavy (non-hydrogen) atoms. The van der Waals surface area contributed by atoms with Gasteiger partial charge in [-0.3, -0.25) is 4.79 Å². The summed E-state index contributed by atoms with van der Waals surface area (Å²) in [5, 5.41) is 11.0. The largest absolute Gasteiger partial charge is 0.461 e. The highest BCUT2D eigenvalue weighted by Crippen LogP contribution is 2.31. The Morgan fingerprint density at radius 2 is 1.85 bits per heavy atom. The van der Waals surface area contributed by atoms with Gasteiger partial charge in [-0.2, -0.15) is 5.10 Å². The molecule has 0 bridgehead atoms. The Labute approximate surface area is 227 Å². The number of hydrogen-bond acceptors (Lipinski definition) is 9. The number of nitrogens with two attached hydrogens (primary N) is 1. The molecule has 0 radical (unpaired) electrons. The van der Waals surface area contributed by atoms with Gasteiger partial charge in [0.1, 0.15) is 11.5 Å². The van der Waals surface area contributed by atoms with E-state index in [1.165, 1.54) is 35.0 Å². The lowest BCUT2D eigenvalue weighted by Gasteiger charge is -2.12. The van der Waals surface area contributed by atoms with E-state index in [0.717, 1.165) is 12.3 Å². The average Bonchev–Trinajstić information content (AvgIpc) is 3.53. The molecular weight excluding hydrogens is 541 g/mol. The quantitative estimate of drug-likeness (QED) is 0.276. The molecule has 0 spiro atoms. The van der Waals surface area contributed by atoms with E-state index < -0.39 is 27.5 Å². The van der Waals surface area contributed by atoms with E-state index in [-0.39, 0.29) is 45.5 Å². The first-order valence-electron chi connectivity index (χ1n) is 11.9. The number of carbonyl (C=O) groups excluding carboxylic acids is 2. The summed E-state index contributed by atoms with van der Waals surface area (Å²) in [6, 6.07) is 16.0. The van der Waals surface area contributed by atoms with Crippen LogP contribution in [0.3, 0.4) is 0 Å². The predicted octanol–water partition coefficient (Wildman–Crippen LogP) is 4.23. The maximum absolute atomic E-state index is 15.2. The number of nitrogens with zero attached hydrogens (tertiary/aromatic N) is 3. The number of amides is 1. The predicted molar refractivity (Wildman–Crippen MR) is 144 cm³/mol. The fourth-order valence-corrected chi connectivity index (χ4v) is 5.04. The number of ether oxygens (including phenoxy) is 1. The van der Waals surface area contributed by atoms with E-state index in [2.05, 4.69) is 15.6 Å². The number of nitrogens with one attached hydrogen (secondary N) is 1. The molecule has 0 aliphatic carbocycles. The second-order valence-corrected chi connectivity index (χ2v) is 10.7. The van der Waals surface area contributed by atoms with Crippen molar-refractivity contribution in [2.24, 2.45) is 0 Å². The zero-order chi connectivity index (χ0) is 28.6. The van der Waals surface area contributed by atoms with Gasteiger partial charge in [-0.15, -0.1) is 0 Å². The van der Waals surface area contributed by atoms with Gasteiger partial charge in [0.25, 0.3) is 5.91 Å². The van der Waals surface area contributed by atoms with Gasteiger partial charge in [-0.1, -0.05) is 23.4 Å². The number of carbonyl (C=O) groups is 2. The molecule has 0 aliphatic rings. The molecule has 5 rings (SSSR count). The van der Waals surface area contributed by atoms with E-state index in [1.807, 2.05) is 0 Å². The summed E-state index contributed by atoms with van der Waals surface area (Å²) >= 11 is 0. The molecule has 2 aromatic heterocycles. The van der Waals surface area contributed by atoms with E-state index in [9.17, 15) is 18.0 Å². The van der Waals surface area contributed by atoms with Gasteiger partial charge in [0.05, 0.1) is 22.6 Å². The van der Waals surface area contributed by atoms with Gasteiger partial charge < -0.3 is 20.3 Å². The van der Waals surface area contributed by atoms with Crippen molar-refractivity contribution in [1.29, 1.82) is 0 Å². The second-order valence-electron chi connectivity index (χ2n) is 8.71. The van der Waals surface area contributed by atoms with Gasteiger partial charge in [0.15, 0.2) is 26.9 Å². The molecule has 1 amide bonds. The molecule has 0 atom stereocenters. The van der Waals surface area contributed by atoms with Gasteiger partial charge >= 0.3 is 5.97 Å². The molecule has 0 saturated heterocycles. The third-order valence-corrected chi connectivity index (χ3v) is 7.11. The summed E-state index contributed by atoms with van der Waals surface area (Å²) in [6.07, 6.45) is 1.04. The lowest BCUT2D eigenvalue weighted by atomic mass is 10.0. The van der Waals surface area contributed by atoms with Crippen LogP contribution in [0.25, 0.3) is 27.8 Å². The maximum Gasteiger partial charge on any atom is 0.358 e. The van der Waals surface area contributed by atoms with E-state index in [4.69, 9.17) is 15.0 Å². The second kappa shape index (κ2) is 10.3. The molecule has 0 saturated carbocycles. The molecule has 3 N–H and O–H groups in total. The average molecular weight is 564 g/mol. The minimum absolute atomic E-state index is 0.0217. The third kappa shape index (κ3) is 5.01. The number of halogens is 1. The van der Waals surface area contributed by atoms with Crippen LogP contribution >= 0.6 is 0 Å². The highest BCUT2D eigenvalue weighted by molar-refractivity contribution is 7.90. The molecule has 13 heteroatoms. The highest BCUT2D eigenvalue weighted by atomic mass is 32.2. The summed E-state index contributed by atoms with van der Waals surface area (Å²) in [5.41, 5.74) is 6.81. The molecule has 3 aromatic carbocycles. The summed E-state index contributed by atoms with van der Waals surface area (Å²) in [4.78, 5) is 25.7. The lowest BCUT2D eigenvalue weighted by molar-refractivity contribution is 0.0519. The van der Waals surface area contributed by atoms with Crippen LogP contribution in [-0.2, 0) is 14.6 Å². The molecule has 204 valence electrons. The Hall–Kier alpha value is -5.04. The number of aromatic nitrogens is 3. The number of anilines is 2. The molecule has 0 aliphatic heterocycles. The summed E-state index contributed by atoms with van der Waals surface area (Å²) in [6.45, 7) is 1.74. The topological polar surface area (TPSA) is 159 Å². The Kier molecular flexibility index (Phi) is 6.81. The Morgan fingerprint density at radius 1 is 1.07 bits per heavy atom. The summed E-state index contributed by atoms with van der Waals surface area (Å²) in [5.74, 6) is -2.05. The normalized spacial score (nSPS) is 11.5. The van der Waals surface area contributed by atoms with Gasteiger partial charge in [0, 0.05) is 29.1 Å². The van der Waals surface area contributed by atoms with Crippen molar-refractivity contribution in [3.63, 3.8) is 0 Å². The van der Waals surface area contributed by atoms with Crippen molar-refractivity contribution in [2.45, 2.75) is 11.8 Å². The molecule has 2 heterocycles. The van der Waals surface area contributed by atoms with Crippen LogP contribution in [0.2, 0.25) is 0 Å². The third-order valence-electron chi connectivity index (χ3n) is 5.96. The monoisotopic (exact) mass is 563 g/mol. The molecular formula is C27H22FN5O6S. The van der Waals surface area contributed by atoms with Crippen LogP contribution in [0, 0.1) is 5.82 Å². The minimum atomic E-state index is -3.62. The van der Waals surface area contributed by atoms with E-state index in [1.54, 1.807) is 37.3 Å². The first kappa shape index (κ1) is 26.6. The smallest absolute Gasteiger partial charge is 0.358 e. The SMILES string of the molecule is CCOC(=O)c1cc(C(=O)Nc2ccc(-c3ccccc3S(C)(=O)=O)c(F)c2)n(-c2ccc3onc(N)c3c2)n1. The van der Waals surface area contributed by atoms with Crippen molar-refractivity contribution in [3.05, 3.63) is 83.9 Å². The highest BCUT2D eigenvalue weighted by Gasteiger charge is 2.23. The lowest BCUT2D eigenvalue weighted by Crippen LogP contribution is -2.17. The zero-order valence-electron chi connectivity index (χ0n) is 21.2. The standard InChI is InChI=1S/C27H22FN5O6S/c1-3-38-27(35)21-14-22(33(31-21)16-9-11-23-19(13-16)25(29)32-39-23)26(34)30-15-8-10-17(20(28)12-15)18-6-4-5-7-24(18)40(2,36)37/h4-14H,3H2,1-2H3,(H2,29,32)(H,30,34). The first-order valence-corrected chi connectivity index (χ1v) is 13.8. The number of hydrogen-bond donors (Lipinski definition) is 2. The molecule has 0 fully saturated rings. The maximum atomic E-state index is 15.2. The van der Waals surface area contributed by atoms with Gasteiger partial charge in [-0.25, -0.2) is 22.3 Å². The number of fused-ring (bicyclic) bond motifs is 1.